The third-order valence-corrected chi connectivity index (χ3v) is 4.15. The second kappa shape index (κ2) is 6.82. The molecular weight excluding hydrogens is 260 g/mol. The lowest BCUT2D eigenvalue weighted by Crippen LogP contribution is -2.32. The Morgan fingerprint density at radius 2 is 2.47 bits per heavy atom. The molecule has 2 N–H and O–H groups in total. The Kier molecular flexibility index (Phi) is 5.10. The molecule has 19 heavy (non-hydrogen) atoms. The van der Waals surface area contributed by atoms with E-state index < -0.39 is 0 Å². The van der Waals surface area contributed by atoms with Crippen LogP contribution < -0.4 is 5.32 Å². The summed E-state index contributed by atoms with van der Waals surface area (Å²) in [6, 6.07) is 0. The van der Waals surface area contributed by atoms with Crippen molar-refractivity contribution < 1.29 is 9.90 Å². The van der Waals surface area contributed by atoms with Crippen LogP contribution in [0.4, 0.5) is 0 Å². The van der Waals surface area contributed by atoms with Crippen molar-refractivity contribution in [2.45, 2.75) is 38.7 Å². The fraction of sp³-hybridized carbons (Fsp3) is 0.571. The van der Waals surface area contributed by atoms with Gasteiger partial charge in [0.25, 0.3) is 0 Å². The number of amides is 1. The van der Waals surface area contributed by atoms with Crippen LogP contribution in [0.15, 0.2) is 11.5 Å². The molecule has 0 saturated heterocycles. The molecule has 1 aromatic rings. The molecule has 0 radical (unpaired) electrons. The molecule has 1 aliphatic rings. The fourth-order valence-electron chi connectivity index (χ4n) is 2.37. The molecule has 1 fully saturated rings. The first-order valence-corrected chi connectivity index (χ1v) is 7.57. The van der Waals surface area contributed by atoms with Crippen molar-refractivity contribution in [3.63, 3.8) is 0 Å². The predicted molar refractivity (Wildman–Crippen MR) is 76.9 cm³/mol. The normalized spacial score (nSPS) is 23.7. The van der Waals surface area contributed by atoms with Gasteiger partial charge < -0.3 is 10.4 Å². The molecule has 2 unspecified atom stereocenters. The zero-order valence-electron chi connectivity index (χ0n) is 11.1. The first-order chi connectivity index (χ1) is 9.13. The van der Waals surface area contributed by atoms with Gasteiger partial charge >= 0.3 is 0 Å². The maximum Gasteiger partial charge on any atom is 0.244 e. The lowest BCUT2D eigenvalue weighted by atomic mass is 9.87. The number of aryl methyl sites for hydroxylation is 1. The summed E-state index contributed by atoms with van der Waals surface area (Å²) in [6.45, 7) is 2.59. The minimum atomic E-state index is -0.191. The monoisotopic (exact) mass is 280 g/mol. The van der Waals surface area contributed by atoms with Crippen molar-refractivity contribution in [1.82, 2.24) is 10.3 Å². The highest BCUT2D eigenvalue weighted by atomic mass is 32.1. The van der Waals surface area contributed by atoms with Gasteiger partial charge in [-0.15, -0.1) is 11.3 Å². The number of thiazole rings is 1. The van der Waals surface area contributed by atoms with E-state index in [1.165, 1.54) is 6.08 Å². The lowest BCUT2D eigenvalue weighted by Gasteiger charge is -2.25. The number of hydrogen-bond donors (Lipinski definition) is 2. The molecule has 0 aromatic carbocycles. The van der Waals surface area contributed by atoms with Crippen LogP contribution in [0.5, 0.6) is 0 Å². The van der Waals surface area contributed by atoms with Gasteiger partial charge in [0.2, 0.25) is 5.91 Å². The van der Waals surface area contributed by atoms with Crippen molar-refractivity contribution >= 4 is 23.3 Å². The minimum Gasteiger partial charge on any atom is -0.393 e. The molecule has 1 heterocycles. The number of carbonyl (C=O) groups is 1. The van der Waals surface area contributed by atoms with E-state index in [9.17, 15) is 9.90 Å². The summed E-state index contributed by atoms with van der Waals surface area (Å²) in [5.41, 5.74) is 0.825. The maximum atomic E-state index is 11.7. The summed E-state index contributed by atoms with van der Waals surface area (Å²) < 4.78 is 0. The van der Waals surface area contributed by atoms with Crippen LogP contribution in [0.2, 0.25) is 0 Å². The first kappa shape index (κ1) is 14.2. The van der Waals surface area contributed by atoms with Crippen molar-refractivity contribution in [2.75, 3.05) is 6.54 Å². The van der Waals surface area contributed by atoms with Crippen LogP contribution in [-0.2, 0) is 4.79 Å². The van der Waals surface area contributed by atoms with Crippen LogP contribution in [0, 0.1) is 12.8 Å². The molecule has 1 amide bonds. The van der Waals surface area contributed by atoms with Crippen molar-refractivity contribution in [3.05, 3.63) is 22.2 Å². The van der Waals surface area contributed by atoms with Gasteiger partial charge in [0.1, 0.15) is 0 Å². The number of nitrogens with zero attached hydrogens (tertiary/aromatic N) is 1. The topological polar surface area (TPSA) is 62.2 Å². The Labute approximate surface area is 117 Å². The van der Waals surface area contributed by atoms with Crippen LogP contribution in [0.25, 0.3) is 6.08 Å². The van der Waals surface area contributed by atoms with E-state index >= 15 is 0 Å². The average molecular weight is 280 g/mol. The molecule has 5 heteroatoms. The Hall–Kier alpha value is -1.20. The van der Waals surface area contributed by atoms with Gasteiger partial charge in [0.15, 0.2) is 0 Å². The number of aromatic nitrogens is 1. The SMILES string of the molecule is Cc1nc(C=CC(=O)NCC2CCCC(O)C2)cs1. The fourth-order valence-corrected chi connectivity index (χ4v) is 2.95. The number of hydrogen-bond acceptors (Lipinski definition) is 4. The van der Waals surface area contributed by atoms with E-state index in [1.807, 2.05) is 12.3 Å². The number of rotatable bonds is 4. The standard InChI is InChI=1S/C14H20N2O2S/c1-10-16-12(9-19-10)5-6-14(18)15-8-11-3-2-4-13(17)7-11/h5-6,9,11,13,17H,2-4,7-8H2,1H3,(H,15,18). The molecule has 1 saturated carbocycles. The number of carbonyl (C=O) groups excluding carboxylic acids is 1. The second-order valence-electron chi connectivity index (χ2n) is 5.06. The molecule has 0 spiro atoms. The molecule has 1 aliphatic carbocycles. The number of aliphatic hydroxyl groups excluding tert-OH is 1. The molecule has 104 valence electrons. The third-order valence-electron chi connectivity index (χ3n) is 3.36. The molecule has 2 atom stereocenters. The summed E-state index contributed by atoms with van der Waals surface area (Å²) in [5.74, 6) is 0.313. The van der Waals surface area contributed by atoms with Crippen LogP contribution in [-0.4, -0.2) is 28.6 Å². The van der Waals surface area contributed by atoms with Gasteiger partial charge in [-0.25, -0.2) is 4.98 Å². The van der Waals surface area contributed by atoms with Crippen LogP contribution in [0.3, 0.4) is 0 Å². The molecular formula is C14H20N2O2S. The van der Waals surface area contributed by atoms with E-state index in [0.29, 0.717) is 12.5 Å². The molecule has 4 nitrogen and oxygen atoms in total. The minimum absolute atomic E-state index is 0.0919. The van der Waals surface area contributed by atoms with Crippen molar-refractivity contribution in [3.8, 4) is 0 Å². The molecule has 0 aliphatic heterocycles. The number of nitrogens with one attached hydrogen (secondary N) is 1. The summed E-state index contributed by atoms with van der Waals surface area (Å²) in [5, 5.41) is 15.4. The second-order valence-corrected chi connectivity index (χ2v) is 6.12. The Balaban J connectivity index is 1.73. The van der Waals surface area contributed by atoms with E-state index in [4.69, 9.17) is 0 Å². The smallest absolute Gasteiger partial charge is 0.244 e. The van der Waals surface area contributed by atoms with Crippen molar-refractivity contribution in [2.24, 2.45) is 5.92 Å². The summed E-state index contributed by atoms with van der Waals surface area (Å²) in [4.78, 5) is 15.9. The van der Waals surface area contributed by atoms with Gasteiger partial charge in [0.05, 0.1) is 16.8 Å². The lowest BCUT2D eigenvalue weighted by molar-refractivity contribution is -0.116. The van der Waals surface area contributed by atoms with E-state index in [2.05, 4.69) is 10.3 Å². The first-order valence-electron chi connectivity index (χ1n) is 6.69. The summed E-state index contributed by atoms with van der Waals surface area (Å²) in [6.07, 6.45) is 6.90. The highest BCUT2D eigenvalue weighted by Crippen LogP contribution is 2.23. The molecule has 1 aromatic heterocycles. The number of aliphatic hydroxyl groups is 1. The zero-order valence-corrected chi connectivity index (χ0v) is 11.9. The Bertz CT molecular complexity index is 456. The largest absolute Gasteiger partial charge is 0.393 e. The van der Waals surface area contributed by atoms with Gasteiger partial charge in [-0.1, -0.05) is 6.42 Å². The van der Waals surface area contributed by atoms with Gasteiger partial charge in [0, 0.05) is 18.0 Å². The van der Waals surface area contributed by atoms with Crippen LogP contribution >= 0.6 is 11.3 Å². The average Bonchev–Trinajstić information content (AvgIpc) is 2.80. The third kappa shape index (κ3) is 4.76. The Morgan fingerprint density at radius 1 is 1.63 bits per heavy atom. The Morgan fingerprint density at radius 3 is 3.16 bits per heavy atom. The van der Waals surface area contributed by atoms with E-state index in [-0.39, 0.29) is 12.0 Å². The van der Waals surface area contributed by atoms with Crippen molar-refractivity contribution in [1.29, 1.82) is 0 Å². The van der Waals surface area contributed by atoms with Gasteiger partial charge in [-0.3, -0.25) is 4.79 Å². The molecule has 2 rings (SSSR count). The highest BCUT2D eigenvalue weighted by molar-refractivity contribution is 7.09. The van der Waals surface area contributed by atoms with E-state index in [0.717, 1.165) is 36.4 Å². The zero-order chi connectivity index (χ0) is 13.7. The highest BCUT2D eigenvalue weighted by Gasteiger charge is 2.20. The van der Waals surface area contributed by atoms with Gasteiger partial charge in [-0.2, -0.15) is 0 Å². The van der Waals surface area contributed by atoms with Gasteiger partial charge in [-0.05, 0) is 38.2 Å². The predicted octanol–water partition coefficient (Wildman–Crippen LogP) is 2.13. The maximum absolute atomic E-state index is 11.7. The summed E-state index contributed by atoms with van der Waals surface area (Å²) in [7, 11) is 0. The van der Waals surface area contributed by atoms with Crippen LogP contribution in [0.1, 0.15) is 36.4 Å². The summed E-state index contributed by atoms with van der Waals surface area (Å²) >= 11 is 1.57. The molecule has 0 bridgehead atoms. The van der Waals surface area contributed by atoms with E-state index in [1.54, 1.807) is 17.4 Å². The quantitative estimate of drug-likeness (QED) is 0.831.